The predicted octanol–water partition coefficient (Wildman–Crippen LogP) is 1.75. The molecular weight excluding hydrogens is 246 g/mol. The van der Waals surface area contributed by atoms with Crippen molar-refractivity contribution >= 4 is 0 Å². The van der Waals surface area contributed by atoms with Crippen molar-refractivity contribution in [3.05, 3.63) is 0 Å². The van der Waals surface area contributed by atoms with Crippen molar-refractivity contribution in [2.75, 3.05) is 40.1 Å². The molecule has 2 atom stereocenters. The molecule has 0 fully saturated rings. The number of nitrogens with one attached hydrogen (secondary N) is 1. The van der Waals surface area contributed by atoms with Crippen LogP contribution in [0.2, 0.25) is 0 Å². The topological polar surface area (TPSA) is 60.0 Å². The van der Waals surface area contributed by atoms with Gasteiger partial charge in [0.1, 0.15) is 0 Å². The Morgan fingerprint density at radius 3 is 2.58 bits per heavy atom. The van der Waals surface area contributed by atoms with Gasteiger partial charge in [0, 0.05) is 20.3 Å². The number of aliphatic hydroxyl groups excluding tert-OH is 1. The maximum atomic E-state index is 9.67. The number of ether oxygens (including phenoxy) is 2. The van der Waals surface area contributed by atoms with Gasteiger partial charge in [-0.2, -0.15) is 5.48 Å². The molecular formula is C14H31NO4. The van der Waals surface area contributed by atoms with Crippen LogP contribution < -0.4 is 5.48 Å². The van der Waals surface area contributed by atoms with Crippen molar-refractivity contribution in [3.8, 4) is 0 Å². The molecule has 0 radical (unpaired) electrons. The Bertz CT molecular complexity index is 181. The molecule has 0 aromatic rings. The molecule has 0 aromatic heterocycles. The molecule has 2 N–H and O–H groups in total. The summed E-state index contributed by atoms with van der Waals surface area (Å²) < 4.78 is 10.4. The molecule has 0 saturated heterocycles. The fraction of sp³-hybridized carbons (Fsp3) is 1.00. The van der Waals surface area contributed by atoms with Gasteiger partial charge in [-0.15, -0.1) is 0 Å². The first-order chi connectivity index (χ1) is 9.24. The van der Waals surface area contributed by atoms with Crippen molar-refractivity contribution in [2.45, 2.75) is 45.6 Å². The molecule has 0 saturated carbocycles. The fourth-order valence-corrected chi connectivity index (χ4v) is 1.68. The molecule has 0 amide bonds. The summed E-state index contributed by atoms with van der Waals surface area (Å²) in [5.41, 5.74) is 2.70. The minimum absolute atomic E-state index is 0.350. The van der Waals surface area contributed by atoms with Crippen LogP contribution >= 0.6 is 0 Å². The third kappa shape index (κ3) is 12.6. The van der Waals surface area contributed by atoms with Gasteiger partial charge in [0.15, 0.2) is 0 Å². The van der Waals surface area contributed by atoms with Crippen LogP contribution in [0, 0.1) is 5.92 Å². The highest BCUT2D eigenvalue weighted by Gasteiger charge is 2.08. The summed E-state index contributed by atoms with van der Waals surface area (Å²) in [7, 11) is 1.62. The SMILES string of the molecule is CCCCC(CC)COCC(O)CNOCCOC. The van der Waals surface area contributed by atoms with E-state index in [1.54, 1.807) is 7.11 Å². The van der Waals surface area contributed by atoms with Crippen LogP contribution in [0.3, 0.4) is 0 Å². The van der Waals surface area contributed by atoms with E-state index < -0.39 is 6.10 Å². The van der Waals surface area contributed by atoms with Crippen molar-refractivity contribution in [3.63, 3.8) is 0 Å². The maximum Gasteiger partial charge on any atom is 0.0920 e. The van der Waals surface area contributed by atoms with Crippen LogP contribution in [0.1, 0.15) is 39.5 Å². The average molecular weight is 277 g/mol. The molecule has 0 spiro atoms. The Morgan fingerprint density at radius 1 is 1.16 bits per heavy atom. The van der Waals surface area contributed by atoms with E-state index >= 15 is 0 Å². The summed E-state index contributed by atoms with van der Waals surface area (Å²) in [5.74, 6) is 0.609. The number of rotatable bonds is 14. The Kier molecular flexibility index (Phi) is 14.1. The Hall–Kier alpha value is -0.200. The van der Waals surface area contributed by atoms with E-state index in [0.29, 0.717) is 32.3 Å². The lowest BCUT2D eigenvalue weighted by Gasteiger charge is -2.17. The van der Waals surface area contributed by atoms with Crippen LogP contribution in [0.5, 0.6) is 0 Å². The molecule has 5 nitrogen and oxygen atoms in total. The van der Waals surface area contributed by atoms with Gasteiger partial charge in [0.05, 0.1) is 25.9 Å². The van der Waals surface area contributed by atoms with Gasteiger partial charge >= 0.3 is 0 Å². The number of unbranched alkanes of at least 4 members (excludes halogenated alkanes) is 1. The van der Waals surface area contributed by atoms with Crippen molar-refractivity contribution in [1.29, 1.82) is 0 Å². The van der Waals surface area contributed by atoms with Gasteiger partial charge in [-0.05, 0) is 12.3 Å². The smallest absolute Gasteiger partial charge is 0.0920 e. The minimum atomic E-state index is -0.536. The van der Waals surface area contributed by atoms with Crippen molar-refractivity contribution in [1.82, 2.24) is 5.48 Å². The molecule has 0 rings (SSSR count). The Morgan fingerprint density at radius 2 is 1.95 bits per heavy atom. The molecule has 0 bridgehead atoms. The van der Waals surface area contributed by atoms with Crippen LogP contribution in [0.25, 0.3) is 0 Å². The van der Waals surface area contributed by atoms with E-state index in [2.05, 4.69) is 19.3 Å². The number of hydrogen-bond acceptors (Lipinski definition) is 5. The Balaban J connectivity index is 3.42. The predicted molar refractivity (Wildman–Crippen MR) is 76.0 cm³/mol. The highest BCUT2D eigenvalue weighted by Crippen LogP contribution is 2.12. The normalized spacial score (nSPS) is 14.5. The highest BCUT2D eigenvalue weighted by atomic mass is 16.7. The number of methoxy groups -OCH3 is 1. The van der Waals surface area contributed by atoms with Crippen molar-refractivity contribution in [2.24, 2.45) is 5.92 Å². The van der Waals surface area contributed by atoms with Gasteiger partial charge < -0.3 is 14.6 Å². The van der Waals surface area contributed by atoms with E-state index in [-0.39, 0.29) is 0 Å². The zero-order chi connectivity index (χ0) is 14.3. The zero-order valence-electron chi connectivity index (χ0n) is 12.7. The summed E-state index contributed by atoms with van der Waals surface area (Å²) in [4.78, 5) is 5.06. The first-order valence-corrected chi connectivity index (χ1v) is 7.33. The fourth-order valence-electron chi connectivity index (χ4n) is 1.68. The van der Waals surface area contributed by atoms with Crippen LogP contribution in [0.15, 0.2) is 0 Å². The average Bonchev–Trinajstić information content (AvgIpc) is 2.42. The van der Waals surface area contributed by atoms with Gasteiger partial charge in [0.2, 0.25) is 0 Å². The lowest BCUT2D eigenvalue weighted by molar-refractivity contribution is -0.0329. The van der Waals surface area contributed by atoms with Crippen LogP contribution in [-0.4, -0.2) is 51.3 Å². The second kappa shape index (κ2) is 14.2. The molecule has 0 aliphatic carbocycles. The van der Waals surface area contributed by atoms with Crippen LogP contribution in [-0.2, 0) is 14.3 Å². The summed E-state index contributed by atoms with van der Waals surface area (Å²) in [6.45, 7) is 6.85. The van der Waals surface area contributed by atoms with Crippen molar-refractivity contribution < 1.29 is 19.4 Å². The lowest BCUT2D eigenvalue weighted by Crippen LogP contribution is -2.31. The zero-order valence-corrected chi connectivity index (χ0v) is 12.7. The third-order valence-corrected chi connectivity index (χ3v) is 3.02. The number of hydrogen-bond donors (Lipinski definition) is 2. The lowest BCUT2D eigenvalue weighted by atomic mass is 10.0. The summed E-state index contributed by atoms with van der Waals surface area (Å²) in [6, 6.07) is 0. The molecule has 0 aromatic carbocycles. The molecule has 116 valence electrons. The monoisotopic (exact) mass is 277 g/mol. The standard InChI is InChI=1S/C14H31NO4/c1-4-6-7-13(5-2)11-18-12-14(16)10-15-19-9-8-17-3/h13-16H,4-12H2,1-3H3. The second-order valence-electron chi connectivity index (χ2n) is 4.80. The largest absolute Gasteiger partial charge is 0.389 e. The highest BCUT2D eigenvalue weighted by molar-refractivity contribution is 4.58. The molecule has 5 heteroatoms. The quantitative estimate of drug-likeness (QED) is 0.374. The molecule has 19 heavy (non-hydrogen) atoms. The van der Waals surface area contributed by atoms with E-state index in [4.69, 9.17) is 14.3 Å². The van der Waals surface area contributed by atoms with Gasteiger partial charge in [-0.3, -0.25) is 4.84 Å². The van der Waals surface area contributed by atoms with E-state index in [1.807, 2.05) is 0 Å². The summed E-state index contributed by atoms with van der Waals surface area (Å²) in [5, 5.41) is 9.67. The summed E-state index contributed by atoms with van der Waals surface area (Å²) >= 11 is 0. The second-order valence-corrected chi connectivity index (χ2v) is 4.80. The minimum Gasteiger partial charge on any atom is -0.389 e. The molecule has 2 unspecified atom stereocenters. The van der Waals surface area contributed by atoms with Gasteiger partial charge in [-0.25, -0.2) is 0 Å². The number of aliphatic hydroxyl groups is 1. The molecule has 0 aliphatic rings. The third-order valence-electron chi connectivity index (χ3n) is 3.02. The maximum absolute atomic E-state index is 9.67. The van der Waals surface area contributed by atoms with Gasteiger partial charge in [-0.1, -0.05) is 33.1 Å². The number of hydroxylamine groups is 1. The van der Waals surface area contributed by atoms with E-state index in [0.717, 1.165) is 13.0 Å². The van der Waals surface area contributed by atoms with E-state index in [9.17, 15) is 5.11 Å². The Labute approximate surface area is 117 Å². The first kappa shape index (κ1) is 18.8. The van der Waals surface area contributed by atoms with Crippen LogP contribution in [0.4, 0.5) is 0 Å². The van der Waals surface area contributed by atoms with Gasteiger partial charge in [0.25, 0.3) is 0 Å². The molecule has 0 heterocycles. The van der Waals surface area contributed by atoms with E-state index in [1.165, 1.54) is 19.3 Å². The first-order valence-electron chi connectivity index (χ1n) is 7.33. The summed E-state index contributed by atoms with van der Waals surface area (Å²) in [6.07, 6.45) is 4.28. The molecule has 0 aliphatic heterocycles.